The van der Waals surface area contributed by atoms with Crippen LogP contribution in [0.4, 0.5) is 14.5 Å². The maximum absolute atomic E-state index is 13.7. The van der Waals surface area contributed by atoms with Crippen LogP contribution in [0.1, 0.15) is 23.7 Å². The van der Waals surface area contributed by atoms with Gasteiger partial charge in [-0.25, -0.2) is 13.6 Å². The molecule has 1 heterocycles. The molecule has 5 nitrogen and oxygen atoms in total. The normalized spacial score (nSPS) is 25.7. The second-order valence-corrected chi connectivity index (χ2v) is 4.81. The Labute approximate surface area is 114 Å². The van der Waals surface area contributed by atoms with E-state index in [-0.39, 0.29) is 12.2 Å². The number of carboxylic acids is 1. The SMILES string of the molecule is CC1OCCC1(O)CNc1ccc(C(=O)O)c(F)c1F. The fraction of sp³-hybridized carbons (Fsp3) is 0.462. The van der Waals surface area contributed by atoms with Gasteiger partial charge in [-0.1, -0.05) is 0 Å². The van der Waals surface area contributed by atoms with Crippen molar-refractivity contribution in [1.82, 2.24) is 0 Å². The van der Waals surface area contributed by atoms with E-state index in [1.165, 1.54) is 0 Å². The standard InChI is InChI=1S/C13H15F2NO4/c1-7-13(19,4-5-20-7)6-16-9-3-2-8(12(17)18)10(14)11(9)15/h2-3,7,16,19H,4-6H2,1H3,(H,17,18). The number of benzene rings is 1. The number of halogens is 2. The molecular formula is C13H15F2NO4. The summed E-state index contributed by atoms with van der Waals surface area (Å²) in [5.74, 6) is -4.24. The Morgan fingerprint density at radius 2 is 2.20 bits per heavy atom. The molecule has 0 bridgehead atoms. The van der Waals surface area contributed by atoms with E-state index >= 15 is 0 Å². The highest BCUT2D eigenvalue weighted by atomic mass is 19.2. The van der Waals surface area contributed by atoms with Gasteiger partial charge in [-0.2, -0.15) is 0 Å². The van der Waals surface area contributed by atoms with E-state index in [4.69, 9.17) is 9.84 Å². The van der Waals surface area contributed by atoms with Crippen LogP contribution in [-0.4, -0.2) is 41.0 Å². The first-order chi connectivity index (χ1) is 9.35. The first kappa shape index (κ1) is 14.7. The highest BCUT2D eigenvalue weighted by molar-refractivity contribution is 5.88. The summed E-state index contributed by atoms with van der Waals surface area (Å²) in [6.07, 6.45) is -0.0282. The number of aromatic carboxylic acids is 1. The molecule has 2 unspecified atom stereocenters. The molecule has 0 amide bonds. The van der Waals surface area contributed by atoms with Gasteiger partial charge >= 0.3 is 5.97 Å². The van der Waals surface area contributed by atoms with Gasteiger partial charge in [0.05, 0.1) is 17.4 Å². The first-order valence-electron chi connectivity index (χ1n) is 6.14. The van der Waals surface area contributed by atoms with Crippen LogP contribution in [0.2, 0.25) is 0 Å². The lowest BCUT2D eigenvalue weighted by atomic mass is 9.96. The lowest BCUT2D eigenvalue weighted by Crippen LogP contribution is -2.43. The zero-order valence-corrected chi connectivity index (χ0v) is 10.8. The van der Waals surface area contributed by atoms with Crippen LogP contribution in [0, 0.1) is 11.6 Å². The zero-order chi connectivity index (χ0) is 14.9. The van der Waals surface area contributed by atoms with Crippen LogP contribution in [0.5, 0.6) is 0 Å². The summed E-state index contributed by atoms with van der Waals surface area (Å²) < 4.78 is 32.4. The number of carbonyl (C=O) groups is 1. The third-order valence-electron chi connectivity index (χ3n) is 3.56. The topological polar surface area (TPSA) is 78.8 Å². The second kappa shape index (κ2) is 5.34. The van der Waals surface area contributed by atoms with E-state index in [0.717, 1.165) is 12.1 Å². The molecule has 0 aliphatic carbocycles. The smallest absolute Gasteiger partial charge is 0.338 e. The molecule has 0 aromatic heterocycles. The Kier molecular flexibility index (Phi) is 3.92. The number of hydrogen-bond donors (Lipinski definition) is 3. The minimum absolute atomic E-state index is 0.0169. The third kappa shape index (κ3) is 2.59. The molecule has 1 fully saturated rings. The van der Waals surface area contributed by atoms with E-state index in [1.54, 1.807) is 6.92 Å². The molecule has 3 N–H and O–H groups in total. The van der Waals surface area contributed by atoms with Crippen molar-refractivity contribution in [1.29, 1.82) is 0 Å². The van der Waals surface area contributed by atoms with Gasteiger partial charge in [-0.15, -0.1) is 0 Å². The Morgan fingerprint density at radius 1 is 1.50 bits per heavy atom. The maximum Gasteiger partial charge on any atom is 0.338 e. The minimum atomic E-state index is -1.54. The summed E-state index contributed by atoms with van der Waals surface area (Å²) in [6.45, 7) is 2.07. The van der Waals surface area contributed by atoms with Crippen LogP contribution >= 0.6 is 0 Å². The summed E-state index contributed by atoms with van der Waals surface area (Å²) in [5, 5.41) is 21.5. The van der Waals surface area contributed by atoms with Crippen molar-refractivity contribution in [3.8, 4) is 0 Å². The van der Waals surface area contributed by atoms with Gasteiger partial charge in [0.25, 0.3) is 0 Å². The minimum Gasteiger partial charge on any atom is -0.478 e. The largest absolute Gasteiger partial charge is 0.478 e. The number of ether oxygens (including phenoxy) is 1. The second-order valence-electron chi connectivity index (χ2n) is 4.81. The van der Waals surface area contributed by atoms with Crippen molar-refractivity contribution >= 4 is 11.7 Å². The quantitative estimate of drug-likeness (QED) is 0.784. The summed E-state index contributed by atoms with van der Waals surface area (Å²) in [4.78, 5) is 10.7. The average Bonchev–Trinajstić information content (AvgIpc) is 2.71. The lowest BCUT2D eigenvalue weighted by Gasteiger charge is -2.26. The predicted octanol–water partition coefficient (Wildman–Crippen LogP) is 1.61. The van der Waals surface area contributed by atoms with E-state index < -0.39 is 34.9 Å². The van der Waals surface area contributed by atoms with E-state index in [9.17, 15) is 18.7 Å². The molecule has 20 heavy (non-hydrogen) atoms. The molecule has 2 atom stereocenters. The fourth-order valence-electron chi connectivity index (χ4n) is 2.10. The Morgan fingerprint density at radius 3 is 2.75 bits per heavy atom. The number of anilines is 1. The van der Waals surface area contributed by atoms with Gasteiger partial charge in [-0.3, -0.25) is 0 Å². The highest BCUT2D eigenvalue weighted by Crippen LogP contribution is 2.27. The number of nitrogens with one attached hydrogen (secondary N) is 1. The number of hydrogen-bond acceptors (Lipinski definition) is 4. The van der Waals surface area contributed by atoms with Gasteiger partial charge in [0.1, 0.15) is 5.60 Å². The molecule has 7 heteroatoms. The molecule has 1 aliphatic heterocycles. The fourth-order valence-corrected chi connectivity index (χ4v) is 2.10. The van der Waals surface area contributed by atoms with Crippen molar-refractivity contribution in [2.75, 3.05) is 18.5 Å². The van der Waals surface area contributed by atoms with Gasteiger partial charge in [0.15, 0.2) is 11.6 Å². The molecule has 0 radical (unpaired) electrons. The summed E-state index contributed by atoms with van der Waals surface area (Å²) in [5.41, 5.74) is -2.08. The molecule has 1 aromatic rings. The molecule has 1 saturated heterocycles. The Bertz CT molecular complexity index is 537. The van der Waals surface area contributed by atoms with Crippen molar-refractivity contribution in [3.63, 3.8) is 0 Å². The lowest BCUT2D eigenvalue weighted by molar-refractivity contribution is -0.0176. The maximum atomic E-state index is 13.7. The van der Waals surface area contributed by atoms with Gasteiger partial charge in [0.2, 0.25) is 0 Å². The van der Waals surface area contributed by atoms with E-state index in [0.29, 0.717) is 13.0 Å². The monoisotopic (exact) mass is 287 g/mol. The molecule has 0 spiro atoms. The Hall–Kier alpha value is -1.73. The van der Waals surface area contributed by atoms with Crippen LogP contribution in [0.25, 0.3) is 0 Å². The molecule has 2 rings (SSSR count). The van der Waals surface area contributed by atoms with Crippen molar-refractivity contribution < 1.29 is 28.5 Å². The molecular weight excluding hydrogens is 272 g/mol. The highest BCUT2D eigenvalue weighted by Gasteiger charge is 2.39. The van der Waals surface area contributed by atoms with Crippen LogP contribution in [0.3, 0.4) is 0 Å². The van der Waals surface area contributed by atoms with Gasteiger partial charge < -0.3 is 20.3 Å². The van der Waals surface area contributed by atoms with E-state index in [1.807, 2.05) is 0 Å². The zero-order valence-electron chi connectivity index (χ0n) is 10.8. The predicted molar refractivity (Wildman–Crippen MR) is 66.8 cm³/mol. The molecule has 110 valence electrons. The van der Waals surface area contributed by atoms with Crippen molar-refractivity contribution in [2.24, 2.45) is 0 Å². The number of rotatable bonds is 4. The summed E-state index contributed by atoms with van der Waals surface area (Å²) >= 11 is 0. The van der Waals surface area contributed by atoms with E-state index in [2.05, 4.69) is 5.32 Å². The van der Waals surface area contributed by atoms with Gasteiger partial charge in [-0.05, 0) is 19.1 Å². The van der Waals surface area contributed by atoms with Crippen molar-refractivity contribution in [2.45, 2.75) is 25.0 Å². The number of aliphatic hydroxyl groups is 1. The van der Waals surface area contributed by atoms with Crippen LogP contribution in [0.15, 0.2) is 12.1 Å². The summed E-state index contributed by atoms with van der Waals surface area (Å²) in [6, 6.07) is 2.10. The van der Waals surface area contributed by atoms with Crippen LogP contribution < -0.4 is 5.32 Å². The molecule has 1 aromatic carbocycles. The Balaban J connectivity index is 2.15. The molecule has 0 saturated carbocycles. The van der Waals surface area contributed by atoms with Gasteiger partial charge in [0, 0.05) is 19.6 Å². The van der Waals surface area contributed by atoms with Crippen molar-refractivity contribution in [3.05, 3.63) is 29.3 Å². The number of carboxylic acid groups (broad SMARTS) is 1. The summed E-state index contributed by atoms with van der Waals surface area (Å²) in [7, 11) is 0. The first-order valence-corrected chi connectivity index (χ1v) is 6.14. The average molecular weight is 287 g/mol. The van der Waals surface area contributed by atoms with Crippen LogP contribution in [-0.2, 0) is 4.74 Å². The third-order valence-corrected chi connectivity index (χ3v) is 3.56. The molecule has 1 aliphatic rings.